The molecule has 1 unspecified atom stereocenters. The lowest BCUT2D eigenvalue weighted by atomic mass is 9.95. The molecule has 1 amide bonds. The molecule has 0 rings (SSSR count). The summed E-state index contributed by atoms with van der Waals surface area (Å²) in [6.45, 7) is 4.00. The lowest BCUT2D eigenvalue weighted by Crippen LogP contribution is -2.33. The highest BCUT2D eigenvalue weighted by molar-refractivity contribution is 5.81. The van der Waals surface area contributed by atoms with Crippen LogP contribution in [0.25, 0.3) is 0 Å². The second kappa shape index (κ2) is 8.13. The van der Waals surface area contributed by atoms with Crippen LogP contribution in [0.2, 0.25) is 0 Å². The summed E-state index contributed by atoms with van der Waals surface area (Å²) in [5.41, 5.74) is 0. The van der Waals surface area contributed by atoms with Crippen molar-refractivity contribution in [2.24, 2.45) is 5.92 Å². The minimum absolute atomic E-state index is 0.0645. The number of aliphatic carboxylic acids is 1. The van der Waals surface area contributed by atoms with Gasteiger partial charge in [0.1, 0.15) is 6.54 Å². The van der Waals surface area contributed by atoms with Gasteiger partial charge in [-0.05, 0) is 12.3 Å². The number of hydrogen-bond donors (Lipinski definition) is 1. The maximum atomic E-state index is 11.7. The molecule has 0 spiro atoms. The lowest BCUT2D eigenvalue weighted by Gasteiger charge is -2.19. The Morgan fingerprint density at radius 2 is 1.94 bits per heavy atom. The first kappa shape index (κ1) is 14.9. The van der Waals surface area contributed by atoms with Crippen LogP contribution in [0, 0.1) is 5.92 Å². The molecule has 0 heterocycles. The summed E-state index contributed by atoms with van der Waals surface area (Å²) in [7, 11) is 1.54. The third kappa shape index (κ3) is 6.43. The first-order valence-corrected chi connectivity index (χ1v) is 5.96. The maximum absolute atomic E-state index is 11.7. The number of nitrogens with zero attached hydrogens (tertiary/aromatic N) is 1. The molecule has 0 aromatic carbocycles. The Hall–Kier alpha value is -1.06. The number of carboxylic acid groups (broad SMARTS) is 1. The number of likely N-dealkylation sites (N-methyl/N-ethyl adjacent to an activating group) is 1. The number of carboxylic acids is 1. The molecule has 0 radical (unpaired) electrons. The van der Waals surface area contributed by atoms with Gasteiger partial charge in [-0.3, -0.25) is 9.59 Å². The van der Waals surface area contributed by atoms with Gasteiger partial charge < -0.3 is 10.0 Å². The van der Waals surface area contributed by atoms with Crippen molar-refractivity contribution < 1.29 is 14.7 Å². The van der Waals surface area contributed by atoms with Gasteiger partial charge in [0.05, 0.1) is 0 Å². The van der Waals surface area contributed by atoms with E-state index in [2.05, 4.69) is 13.8 Å². The largest absolute Gasteiger partial charge is 0.480 e. The molecule has 0 bridgehead atoms. The van der Waals surface area contributed by atoms with Crippen LogP contribution in [0.4, 0.5) is 0 Å². The van der Waals surface area contributed by atoms with E-state index in [1.165, 1.54) is 4.90 Å². The van der Waals surface area contributed by atoms with Crippen LogP contribution in [-0.4, -0.2) is 35.5 Å². The molecule has 4 heteroatoms. The first-order chi connectivity index (χ1) is 7.51. The zero-order chi connectivity index (χ0) is 12.6. The third-order valence-electron chi connectivity index (χ3n) is 2.80. The number of carbonyl (C=O) groups is 2. The molecule has 0 fully saturated rings. The highest BCUT2D eigenvalue weighted by Crippen LogP contribution is 2.17. The Labute approximate surface area is 97.6 Å². The van der Waals surface area contributed by atoms with E-state index in [9.17, 15) is 9.59 Å². The van der Waals surface area contributed by atoms with Crippen molar-refractivity contribution >= 4 is 11.9 Å². The zero-order valence-electron chi connectivity index (χ0n) is 10.5. The van der Waals surface area contributed by atoms with Gasteiger partial charge in [0.2, 0.25) is 5.91 Å². The molecule has 94 valence electrons. The van der Waals surface area contributed by atoms with E-state index in [0.717, 1.165) is 25.7 Å². The predicted molar refractivity (Wildman–Crippen MR) is 63.2 cm³/mol. The van der Waals surface area contributed by atoms with E-state index in [0.29, 0.717) is 12.3 Å². The average molecular weight is 229 g/mol. The Balaban J connectivity index is 4.03. The monoisotopic (exact) mass is 229 g/mol. The molecule has 0 saturated heterocycles. The van der Waals surface area contributed by atoms with E-state index >= 15 is 0 Å². The van der Waals surface area contributed by atoms with Gasteiger partial charge >= 0.3 is 5.97 Å². The van der Waals surface area contributed by atoms with Crippen molar-refractivity contribution in [3.05, 3.63) is 0 Å². The molecule has 0 aliphatic carbocycles. The summed E-state index contributed by atoms with van der Waals surface area (Å²) in [6.07, 6.45) is 4.77. The summed E-state index contributed by atoms with van der Waals surface area (Å²) in [5.74, 6) is -0.633. The molecule has 16 heavy (non-hydrogen) atoms. The molecule has 0 aromatic heterocycles. The van der Waals surface area contributed by atoms with E-state index in [1.807, 2.05) is 0 Å². The van der Waals surface area contributed by atoms with Crippen LogP contribution in [-0.2, 0) is 9.59 Å². The highest BCUT2D eigenvalue weighted by atomic mass is 16.4. The van der Waals surface area contributed by atoms with Crippen LogP contribution < -0.4 is 0 Å². The Morgan fingerprint density at radius 1 is 1.31 bits per heavy atom. The molecule has 0 aliphatic rings. The first-order valence-electron chi connectivity index (χ1n) is 5.96. The molecular weight excluding hydrogens is 206 g/mol. The van der Waals surface area contributed by atoms with Gasteiger partial charge in [0.15, 0.2) is 0 Å². The Morgan fingerprint density at radius 3 is 2.38 bits per heavy atom. The van der Waals surface area contributed by atoms with Crippen molar-refractivity contribution in [1.82, 2.24) is 4.90 Å². The highest BCUT2D eigenvalue weighted by Gasteiger charge is 2.16. The van der Waals surface area contributed by atoms with Gasteiger partial charge in [-0.2, -0.15) is 0 Å². The number of rotatable bonds is 8. The Kier molecular flexibility index (Phi) is 7.60. The van der Waals surface area contributed by atoms with Crippen LogP contribution in [0.1, 0.15) is 46.0 Å². The summed E-state index contributed by atoms with van der Waals surface area (Å²) in [4.78, 5) is 23.4. The SMILES string of the molecule is CCCCC(CC)CC(=O)N(C)CC(=O)O. The second-order valence-electron chi connectivity index (χ2n) is 4.26. The minimum Gasteiger partial charge on any atom is -0.480 e. The normalized spacial score (nSPS) is 12.2. The zero-order valence-corrected chi connectivity index (χ0v) is 10.5. The molecule has 0 aliphatic heterocycles. The fourth-order valence-electron chi connectivity index (χ4n) is 1.64. The lowest BCUT2D eigenvalue weighted by molar-refractivity contribution is -0.143. The summed E-state index contributed by atoms with van der Waals surface area (Å²) < 4.78 is 0. The average Bonchev–Trinajstić information content (AvgIpc) is 2.22. The van der Waals surface area contributed by atoms with Gasteiger partial charge in [-0.25, -0.2) is 0 Å². The van der Waals surface area contributed by atoms with Crippen molar-refractivity contribution in [3.63, 3.8) is 0 Å². The van der Waals surface area contributed by atoms with Crippen molar-refractivity contribution in [2.75, 3.05) is 13.6 Å². The second-order valence-corrected chi connectivity index (χ2v) is 4.26. The summed E-state index contributed by atoms with van der Waals surface area (Å²) in [5, 5.41) is 8.57. The topological polar surface area (TPSA) is 57.6 Å². The molecule has 0 saturated carbocycles. The van der Waals surface area contributed by atoms with Gasteiger partial charge in [-0.15, -0.1) is 0 Å². The fourth-order valence-corrected chi connectivity index (χ4v) is 1.64. The number of amides is 1. The van der Waals surface area contributed by atoms with E-state index in [-0.39, 0.29) is 12.5 Å². The van der Waals surface area contributed by atoms with E-state index < -0.39 is 5.97 Å². The van der Waals surface area contributed by atoms with Gasteiger partial charge in [-0.1, -0.05) is 33.1 Å². The van der Waals surface area contributed by atoms with Crippen molar-refractivity contribution in [3.8, 4) is 0 Å². The molecule has 1 atom stereocenters. The van der Waals surface area contributed by atoms with Crippen molar-refractivity contribution in [2.45, 2.75) is 46.0 Å². The smallest absolute Gasteiger partial charge is 0.323 e. The van der Waals surface area contributed by atoms with E-state index in [4.69, 9.17) is 5.11 Å². The molecule has 4 nitrogen and oxygen atoms in total. The summed E-state index contributed by atoms with van der Waals surface area (Å²) in [6, 6.07) is 0. The molecular formula is C12H23NO3. The fraction of sp³-hybridized carbons (Fsp3) is 0.833. The number of unbranched alkanes of at least 4 members (excludes halogenated alkanes) is 1. The van der Waals surface area contributed by atoms with Crippen LogP contribution in [0.15, 0.2) is 0 Å². The predicted octanol–water partition coefficient (Wildman–Crippen LogP) is 2.14. The van der Waals surface area contributed by atoms with Gasteiger partial charge in [0, 0.05) is 13.5 Å². The van der Waals surface area contributed by atoms with Crippen LogP contribution in [0.3, 0.4) is 0 Å². The molecule has 1 N–H and O–H groups in total. The Bertz CT molecular complexity index is 228. The standard InChI is InChI=1S/C12H23NO3/c1-4-6-7-10(5-2)8-11(14)13(3)9-12(15)16/h10H,4-9H2,1-3H3,(H,15,16). The van der Waals surface area contributed by atoms with E-state index in [1.54, 1.807) is 7.05 Å². The van der Waals surface area contributed by atoms with Crippen LogP contribution in [0.5, 0.6) is 0 Å². The van der Waals surface area contributed by atoms with Gasteiger partial charge in [0.25, 0.3) is 0 Å². The molecule has 0 aromatic rings. The quantitative estimate of drug-likeness (QED) is 0.693. The summed E-state index contributed by atoms with van der Waals surface area (Å²) >= 11 is 0. The minimum atomic E-state index is -0.961. The van der Waals surface area contributed by atoms with Crippen LogP contribution >= 0.6 is 0 Å². The number of carbonyl (C=O) groups excluding carboxylic acids is 1. The maximum Gasteiger partial charge on any atom is 0.323 e. The number of hydrogen-bond acceptors (Lipinski definition) is 2. The third-order valence-corrected chi connectivity index (χ3v) is 2.80. The van der Waals surface area contributed by atoms with Crippen molar-refractivity contribution in [1.29, 1.82) is 0 Å².